The number of ketones is 1. The Bertz CT molecular complexity index is 416. The lowest BCUT2D eigenvalue weighted by Crippen LogP contribution is -2.36. The molecule has 0 spiro atoms. The van der Waals surface area contributed by atoms with Gasteiger partial charge in [0.1, 0.15) is 11.9 Å². The maximum absolute atomic E-state index is 13.5. The van der Waals surface area contributed by atoms with Crippen LogP contribution in [0.15, 0.2) is 22.7 Å². The number of hydrogen-bond donors (Lipinski definition) is 0. The number of rotatable bonds is 3. The number of benzene rings is 1. The highest BCUT2D eigenvalue weighted by Crippen LogP contribution is 2.17. The second kappa shape index (κ2) is 5.71. The molecule has 0 bridgehead atoms. The van der Waals surface area contributed by atoms with Crippen molar-refractivity contribution in [2.24, 2.45) is 0 Å². The predicted octanol–water partition coefficient (Wildman–Crippen LogP) is 2.12. The minimum Gasteiger partial charge on any atom is -0.376 e. The Morgan fingerprint density at radius 3 is 2.94 bits per heavy atom. The summed E-state index contributed by atoms with van der Waals surface area (Å²) in [6.45, 7) is 1.19. The molecule has 1 heterocycles. The van der Waals surface area contributed by atoms with Crippen molar-refractivity contribution in [2.45, 2.75) is 12.5 Å². The summed E-state index contributed by atoms with van der Waals surface area (Å²) in [7, 11) is 0. The molecule has 1 saturated heterocycles. The van der Waals surface area contributed by atoms with Crippen LogP contribution >= 0.6 is 15.9 Å². The second-order valence-electron chi connectivity index (χ2n) is 3.81. The van der Waals surface area contributed by atoms with Crippen LogP contribution in [-0.4, -0.2) is 31.7 Å². The third-order valence-corrected chi connectivity index (χ3v) is 3.05. The average molecular weight is 303 g/mol. The van der Waals surface area contributed by atoms with Gasteiger partial charge in [-0.05, 0) is 17.7 Å². The zero-order chi connectivity index (χ0) is 12.3. The summed E-state index contributed by atoms with van der Waals surface area (Å²) in [6, 6.07) is 4.66. The molecule has 1 fully saturated rings. The first-order valence-electron chi connectivity index (χ1n) is 5.33. The summed E-state index contributed by atoms with van der Waals surface area (Å²) >= 11 is 3.17. The van der Waals surface area contributed by atoms with Crippen LogP contribution in [0.3, 0.4) is 0 Å². The molecular formula is C12H12BrFO3. The molecule has 1 aromatic carbocycles. The van der Waals surface area contributed by atoms with E-state index in [0.717, 1.165) is 0 Å². The maximum atomic E-state index is 13.5. The predicted molar refractivity (Wildman–Crippen MR) is 63.4 cm³/mol. The molecule has 2 rings (SSSR count). The molecule has 3 nitrogen and oxygen atoms in total. The number of Topliss-reactive ketones (excluding diaryl/α,β-unsaturated/α-hetero) is 1. The molecule has 0 saturated carbocycles. The molecular weight excluding hydrogens is 291 g/mol. The van der Waals surface area contributed by atoms with E-state index in [0.29, 0.717) is 23.2 Å². The number of ether oxygens (including phenoxy) is 2. The first kappa shape index (κ1) is 12.7. The Morgan fingerprint density at radius 1 is 1.47 bits per heavy atom. The van der Waals surface area contributed by atoms with Gasteiger partial charge in [-0.15, -0.1) is 0 Å². The van der Waals surface area contributed by atoms with E-state index in [-0.39, 0.29) is 24.6 Å². The third-order valence-electron chi connectivity index (χ3n) is 2.55. The van der Waals surface area contributed by atoms with Gasteiger partial charge in [0.25, 0.3) is 0 Å². The number of hydrogen-bond acceptors (Lipinski definition) is 3. The van der Waals surface area contributed by atoms with Gasteiger partial charge in [0.15, 0.2) is 5.78 Å². The molecule has 0 N–H and O–H groups in total. The topological polar surface area (TPSA) is 35.5 Å². The van der Waals surface area contributed by atoms with Gasteiger partial charge < -0.3 is 9.47 Å². The number of carbonyl (C=O) groups excluding carboxylic acids is 1. The van der Waals surface area contributed by atoms with E-state index < -0.39 is 6.10 Å². The van der Waals surface area contributed by atoms with Crippen molar-refractivity contribution in [1.82, 2.24) is 0 Å². The normalized spacial score (nSPS) is 20.2. The van der Waals surface area contributed by atoms with Crippen molar-refractivity contribution in [2.75, 3.05) is 19.8 Å². The molecule has 5 heteroatoms. The molecule has 92 valence electrons. The van der Waals surface area contributed by atoms with Gasteiger partial charge in [-0.1, -0.05) is 22.0 Å². The largest absolute Gasteiger partial charge is 0.376 e. The van der Waals surface area contributed by atoms with Crippen molar-refractivity contribution < 1.29 is 18.7 Å². The van der Waals surface area contributed by atoms with Crippen LogP contribution in [0.2, 0.25) is 0 Å². The first-order chi connectivity index (χ1) is 8.16. The highest BCUT2D eigenvalue weighted by Gasteiger charge is 2.23. The summed E-state index contributed by atoms with van der Waals surface area (Å²) in [4.78, 5) is 11.8. The smallest absolute Gasteiger partial charge is 0.168 e. The highest BCUT2D eigenvalue weighted by atomic mass is 79.9. The van der Waals surface area contributed by atoms with Crippen LogP contribution in [-0.2, 0) is 20.7 Å². The van der Waals surface area contributed by atoms with Crippen molar-refractivity contribution in [3.63, 3.8) is 0 Å². The molecule has 0 aromatic heterocycles. The molecule has 1 aromatic rings. The summed E-state index contributed by atoms with van der Waals surface area (Å²) in [5.41, 5.74) is 0.382. The van der Waals surface area contributed by atoms with Gasteiger partial charge in [0, 0.05) is 10.9 Å². The average Bonchev–Trinajstić information content (AvgIpc) is 2.34. The molecule has 1 atom stereocenters. The van der Waals surface area contributed by atoms with Gasteiger partial charge in [-0.25, -0.2) is 4.39 Å². The summed E-state index contributed by atoms with van der Waals surface area (Å²) in [5, 5.41) is 0. The quantitative estimate of drug-likeness (QED) is 0.858. The monoisotopic (exact) mass is 302 g/mol. The standard InChI is InChI=1S/C12H12BrFO3/c13-9-2-1-8(10(14)6-9)5-11(15)12-7-16-3-4-17-12/h1-2,6,12H,3-5,7H2. The van der Waals surface area contributed by atoms with E-state index in [1.54, 1.807) is 12.1 Å². The van der Waals surface area contributed by atoms with Crippen molar-refractivity contribution in [3.8, 4) is 0 Å². The fraction of sp³-hybridized carbons (Fsp3) is 0.417. The van der Waals surface area contributed by atoms with Crippen molar-refractivity contribution in [3.05, 3.63) is 34.1 Å². The molecule has 17 heavy (non-hydrogen) atoms. The van der Waals surface area contributed by atoms with E-state index in [1.165, 1.54) is 6.07 Å². The molecule has 0 amide bonds. The molecule has 0 aliphatic carbocycles. The van der Waals surface area contributed by atoms with Crippen LogP contribution in [0.1, 0.15) is 5.56 Å². The maximum Gasteiger partial charge on any atom is 0.168 e. The fourth-order valence-corrected chi connectivity index (χ4v) is 1.97. The van der Waals surface area contributed by atoms with Crippen molar-refractivity contribution in [1.29, 1.82) is 0 Å². The van der Waals surface area contributed by atoms with Gasteiger partial charge in [-0.2, -0.15) is 0 Å². The van der Waals surface area contributed by atoms with Crippen LogP contribution in [0.4, 0.5) is 4.39 Å². The zero-order valence-corrected chi connectivity index (χ0v) is 10.7. The molecule has 1 unspecified atom stereocenters. The molecule has 1 aliphatic rings. The lowest BCUT2D eigenvalue weighted by Gasteiger charge is -2.21. The Kier molecular flexibility index (Phi) is 4.25. The Morgan fingerprint density at radius 2 is 2.29 bits per heavy atom. The highest BCUT2D eigenvalue weighted by molar-refractivity contribution is 9.10. The van der Waals surface area contributed by atoms with Crippen LogP contribution < -0.4 is 0 Å². The minimum atomic E-state index is -0.563. The van der Waals surface area contributed by atoms with Gasteiger partial charge in [0.2, 0.25) is 0 Å². The summed E-state index contributed by atoms with van der Waals surface area (Å²) < 4.78 is 24.6. The lowest BCUT2D eigenvalue weighted by atomic mass is 10.0. The van der Waals surface area contributed by atoms with Crippen molar-refractivity contribution >= 4 is 21.7 Å². The second-order valence-corrected chi connectivity index (χ2v) is 4.73. The van der Waals surface area contributed by atoms with Gasteiger partial charge >= 0.3 is 0 Å². The Hall–Kier alpha value is -0.780. The van der Waals surface area contributed by atoms with Crippen LogP contribution in [0.25, 0.3) is 0 Å². The SMILES string of the molecule is O=C(Cc1ccc(Br)cc1F)C1COCCO1. The lowest BCUT2D eigenvalue weighted by molar-refractivity contribution is -0.144. The summed E-state index contributed by atoms with van der Waals surface area (Å²) in [5.74, 6) is -0.532. The molecule has 0 radical (unpaired) electrons. The van der Waals surface area contributed by atoms with Crippen LogP contribution in [0.5, 0.6) is 0 Å². The minimum absolute atomic E-state index is 0.0349. The molecule has 1 aliphatic heterocycles. The fourth-order valence-electron chi connectivity index (χ4n) is 1.64. The van der Waals surface area contributed by atoms with Crippen LogP contribution in [0, 0.1) is 5.82 Å². The number of halogens is 2. The van der Waals surface area contributed by atoms with Gasteiger partial charge in [0.05, 0.1) is 19.8 Å². The third kappa shape index (κ3) is 3.34. The summed E-state index contributed by atoms with van der Waals surface area (Å²) in [6.07, 6.45) is -0.528. The van der Waals surface area contributed by atoms with E-state index in [4.69, 9.17) is 9.47 Å². The van der Waals surface area contributed by atoms with Gasteiger partial charge in [-0.3, -0.25) is 4.79 Å². The number of carbonyl (C=O) groups is 1. The van der Waals surface area contributed by atoms with E-state index in [9.17, 15) is 9.18 Å². The van der Waals surface area contributed by atoms with E-state index in [1.807, 2.05) is 0 Å². The zero-order valence-electron chi connectivity index (χ0n) is 9.12. The Balaban J connectivity index is 2.02. The van der Waals surface area contributed by atoms with E-state index in [2.05, 4.69) is 15.9 Å². The Labute approximate surface area is 107 Å². The van der Waals surface area contributed by atoms with E-state index >= 15 is 0 Å². The first-order valence-corrected chi connectivity index (χ1v) is 6.12.